The van der Waals surface area contributed by atoms with Crippen molar-refractivity contribution in [2.75, 3.05) is 6.61 Å². The van der Waals surface area contributed by atoms with Crippen molar-refractivity contribution in [1.82, 2.24) is 5.48 Å². The molecule has 0 bridgehead atoms. The molecule has 1 rings (SSSR count). The van der Waals surface area contributed by atoms with Crippen molar-refractivity contribution >= 4 is 27.7 Å². The van der Waals surface area contributed by atoms with E-state index in [4.69, 9.17) is 9.57 Å². The van der Waals surface area contributed by atoms with Crippen LogP contribution in [0.5, 0.6) is 0 Å². The molecule has 0 aromatic heterocycles. The molecule has 6 heteroatoms. The number of halogens is 1. The second-order valence-electron chi connectivity index (χ2n) is 4.34. The molecule has 0 spiro atoms. The van der Waals surface area contributed by atoms with Crippen molar-refractivity contribution in [3.63, 3.8) is 0 Å². The summed E-state index contributed by atoms with van der Waals surface area (Å²) in [5, 5.41) is 0. The van der Waals surface area contributed by atoms with Gasteiger partial charge in [-0.05, 0) is 35.7 Å². The van der Waals surface area contributed by atoms with Crippen molar-refractivity contribution < 1.29 is 19.2 Å². The lowest BCUT2D eigenvalue weighted by Gasteiger charge is -2.20. The molecule has 0 aromatic rings. The number of allylic oxidation sites excluding steroid dienone is 3. The van der Waals surface area contributed by atoms with Gasteiger partial charge in [0.1, 0.15) is 15.8 Å². The zero-order valence-corrected chi connectivity index (χ0v) is 13.6. The summed E-state index contributed by atoms with van der Waals surface area (Å²) in [6.07, 6.45) is 2.67. The van der Waals surface area contributed by atoms with Crippen LogP contribution in [0.25, 0.3) is 0 Å². The summed E-state index contributed by atoms with van der Waals surface area (Å²) in [7, 11) is 0. The summed E-state index contributed by atoms with van der Waals surface area (Å²) in [5.41, 5.74) is 3.17. The monoisotopic (exact) mass is 345 g/mol. The number of esters is 1. The number of nitrogens with one attached hydrogen (secondary N) is 1. The molecular formula is C14H20BrNO4. The van der Waals surface area contributed by atoms with Gasteiger partial charge >= 0.3 is 5.97 Å². The predicted molar refractivity (Wildman–Crippen MR) is 78.7 cm³/mol. The predicted octanol–water partition coefficient (Wildman–Crippen LogP) is 3.11. The van der Waals surface area contributed by atoms with E-state index >= 15 is 0 Å². The lowest BCUT2D eigenvalue weighted by atomic mass is 10.0. The van der Waals surface area contributed by atoms with E-state index in [1.165, 1.54) is 0 Å². The quantitative estimate of drug-likeness (QED) is 0.332. The van der Waals surface area contributed by atoms with Crippen LogP contribution in [0.4, 0.5) is 0 Å². The minimum absolute atomic E-state index is 0.0204. The van der Waals surface area contributed by atoms with Crippen molar-refractivity contribution in [1.29, 1.82) is 0 Å². The van der Waals surface area contributed by atoms with Crippen LogP contribution in [0.1, 0.15) is 46.5 Å². The van der Waals surface area contributed by atoms with Gasteiger partial charge in [-0.3, -0.25) is 15.1 Å². The Hall–Kier alpha value is -1.14. The molecule has 0 saturated heterocycles. The molecule has 1 aliphatic heterocycles. The van der Waals surface area contributed by atoms with Gasteiger partial charge < -0.3 is 4.74 Å². The third-order valence-corrected chi connectivity index (χ3v) is 3.51. The molecule has 1 aliphatic rings. The van der Waals surface area contributed by atoms with Crippen LogP contribution in [0.3, 0.4) is 0 Å². The van der Waals surface area contributed by atoms with Crippen LogP contribution < -0.4 is 5.48 Å². The van der Waals surface area contributed by atoms with Gasteiger partial charge in [-0.15, -0.1) is 0 Å². The fraction of sp³-hybridized carbons (Fsp3) is 0.571. The Morgan fingerprint density at radius 2 is 1.95 bits per heavy atom. The first-order valence-electron chi connectivity index (χ1n) is 6.83. The van der Waals surface area contributed by atoms with Crippen molar-refractivity contribution in [3.05, 3.63) is 21.5 Å². The van der Waals surface area contributed by atoms with Gasteiger partial charge in [0.05, 0.1) is 12.3 Å². The first kappa shape index (κ1) is 16.9. The fourth-order valence-electron chi connectivity index (χ4n) is 1.82. The number of hydrogen-bond acceptors (Lipinski definition) is 5. The molecule has 0 unspecified atom stereocenters. The Balaban J connectivity index is 3.15. The maximum Gasteiger partial charge on any atom is 0.349 e. The second kappa shape index (κ2) is 8.21. The highest BCUT2D eigenvalue weighted by Crippen LogP contribution is 2.30. The van der Waals surface area contributed by atoms with E-state index in [-0.39, 0.29) is 11.4 Å². The van der Waals surface area contributed by atoms with Crippen LogP contribution >= 0.6 is 15.9 Å². The van der Waals surface area contributed by atoms with Gasteiger partial charge in [0, 0.05) is 6.42 Å². The number of carbonyl (C=O) groups excluding carboxylic acids is 2. The number of ketones is 1. The SMILES string of the molecule is CCCC(NOCC)=C1C(=O)OC(CCC)=C(Br)C1=O. The Kier molecular flexibility index (Phi) is 6.95. The Morgan fingerprint density at radius 1 is 1.25 bits per heavy atom. The highest BCUT2D eigenvalue weighted by Gasteiger charge is 2.34. The van der Waals surface area contributed by atoms with Gasteiger partial charge in [-0.2, -0.15) is 0 Å². The van der Waals surface area contributed by atoms with E-state index in [2.05, 4.69) is 21.4 Å². The number of hydrogen-bond donors (Lipinski definition) is 1. The van der Waals surface area contributed by atoms with Gasteiger partial charge in [0.15, 0.2) is 0 Å². The summed E-state index contributed by atoms with van der Waals surface area (Å²) in [4.78, 5) is 29.5. The molecule has 112 valence electrons. The van der Waals surface area contributed by atoms with Crippen LogP contribution in [0, 0.1) is 0 Å². The topological polar surface area (TPSA) is 64.6 Å². The maximum atomic E-state index is 12.3. The lowest BCUT2D eigenvalue weighted by molar-refractivity contribution is -0.138. The first-order chi connectivity index (χ1) is 9.56. The largest absolute Gasteiger partial charge is 0.426 e. The molecule has 0 amide bonds. The standard InChI is InChI=1S/C14H20BrNO4/c1-4-7-9(16-19-6-3)11-13(17)12(15)10(8-5-2)20-14(11)18/h16H,4-8H2,1-3H3. The minimum atomic E-state index is -0.614. The van der Waals surface area contributed by atoms with E-state index in [1.54, 1.807) is 0 Å². The molecule has 0 radical (unpaired) electrons. The molecule has 1 heterocycles. The maximum absolute atomic E-state index is 12.3. The first-order valence-corrected chi connectivity index (χ1v) is 7.62. The average Bonchev–Trinajstić information content (AvgIpc) is 2.42. The number of ether oxygens (including phenoxy) is 1. The van der Waals surface area contributed by atoms with Crippen molar-refractivity contribution in [3.8, 4) is 0 Å². The highest BCUT2D eigenvalue weighted by molar-refractivity contribution is 9.12. The Bertz CT molecular complexity index is 454. The van der Waals surface area contributed by atoms with E-state index < -0.39 is 5.97 Å². The molecular weight excluding hydrogens is 326 g/mol. The number of carbonyl (C=O) groups is 2. The summed E-state index contributed by atoms with van der Waals surface area (Å²) in [5.74, 6) is -0.559. The lowest BCUT2D eigenvalue weighted by Crippen LogP contribution is -2.29. The molecule has 5 nitrogen and oxygen atoms in total. The van der Waals surface area contributed by atoms with Crippen molar-refractivity contribution in [2.24, 2.45) is 0 Å². The normalized spacial score (nSPS) is 18.2. The molecule has 0 fully saturated rings. The van der Waals surface area contributed by atoms with Gasteiger partial charge in [-0.25, -0.2) is 4.79 Å². The number of rotatable bonds is 7. The number of cyclic esters (lactones) is 1. The molecule has 0 atom stereocenters. The zero-order valence-electron chi connectivity index (χ0n) is 12.0. The summed E-state index contributed by atoms with van der Waals surface area (Å²) in [6.45, 7) is 6.16. The molecule has 0 aromatic carbocycles. The van der Waals surface area contributed by atoms with E-state index in [0.717, 1.165) is 12.8 Å². The van der Waals surface area contributed by atoms with Crippen molar-refractivity contribution in [2.45, 2.75) is 46.5 Å². The molecule has 0 aliphatic carbocycles. The van der Waals surface area contributed by atoms with E-state index in [1.807, 2.05) is 20.8 Å². The van der Waals surface area contributed by atoms with Gasteiger partial charge in [0.25, 0.3) is 0 Å². The molecule has 0 saturated carbocycles. The smallest absolute Gasteiger partial charge is 0.349 e. The number of Topliss-reactive ketones (excluding diaryl/α,β-unsaturated/α-hetero) is 1. The Morgan fingerprint density at radius 3 is 2.50 bits per heavy atom. The molecule has 20 heavy (non-hydrogen) atoms. The van der Waals surface area contributed by atoms with E-state index in [9.17, 15) is 9.59 Å². The fourth-order valence-corrected chi connectivity index (χ4v) is 2.30. The molecule has 1 N–H and O–H groups in total. The number of hydroxylamine groups is 1. The van der Waals surface area contributed by atoms with Gasteiger partial charge in [0.2, 0.25) is 5.78 Å². The Labute approximate surface area is 127 Å². The summed E-state index contributed by atoms with van der Waals surface area (Å²) >= 11 is 3.23. The summed E-state index contributed by atoms with van der Waals surface area (Å²) in [6, 6.07) is 0. The van der Waals surface area contributed by atoms with E-state index in [0.29, 0.717) is 35.4 Å². The minimum Gasteiger partial charge on any atom is -0.426 e. The third kappa shape index (κ3) is 3.93. The second-order valence-corrected chi connectivity index (χ2v) is 5.14. The van der Waals surface area contributed by atoms with Crippen LogP contribution in [-0.4, -0.2) is 18.4 Å². The van der Waals surface area contributed by atoms with Gasteiger partial charge in [-0.1, -0.05) is 20.3 Å². The van der Waals surface area contributed by atoms with Crippen LogP contribution in [-0.2, 0) is 19.2 Å². The highest BCUT2D eigenvalue weighted by atomic mass is 79.9. The van der Waals surface area contributed by atoms with Crippen LogP contribution in [0.2, 0.25) is 0 Å². The average molecular weight is 346 g/mol. The zero-order chi connectivity index (χ0) is 15.1. The van der Waals surface area contributed by atoms with Crippen LogP contribution in [0.15, 0.2) is 21.5 Å². The summed E-state index contributed by atoms with van der Waals surface area (Å²) < 4.78 is 5.57. The third-order valence-electron chi connectivity index (χ3n) is 2.71.